The molecular weight excluding hydrogens is 360 g/mol. The highest BCUT2D eigenvalue weighted by Gasteiger charge is 2.34. The van der Waals surface area contributed by atoms with Crippen molar-refractivity contribution in [3.63, 3.8) is 0 Å². The van der Waals surface area contributed by atoms with E-state index in [1.165, 1.54) is 16.8 Å². The second kappa shape index (κ2) is 8.06. The topological polar surface area (TPSA) is 66.5 Å². The lowest BCUT2D eigenvalue weighted by Gasteiger charge is -2.32. The Hall–Kier alpha value is -1.11. The molecule has 7 heteroatoms. The summed E-state index contributed by atoms with van der Waals surface area (Å²) in [6.45, 7) is 0.690. The van der Waals surface area contributed by atoms with Gasteiger partial charge in [-0.3, -0.25) is 4.79 Å². The Morgan fingerprint density at radius 2 is 1.88 bits per heavy atom. The predicted molar refractivity (Wildman–Crippen MR) is 98.0 cm³/mol. The normalized spacial score (nSPS) is 23.3. The molecule has 1 amide bonds. The van der Waals surface area contributed by atoms with E-state index in [9.17, 15) is 13.2 Å². The van der Waals surface area contributed by atoms with Crippen LogP contribution >= 0.6 is 11.6 Å². The van der Waals surface area contributed by atoms with E-state index >= 15 is 0 Å². The minimum absolute atomic E-state index is 0.00195. The van der Waals surface area contributed by atoms with E-state index in [4.69, 9.17) is 11.6 Å². The van der Waals surface area contributed by atoms with Crippen molar-refractivity contribution in [2.45, 2.75) is 55.9 Å². The Bertz CT molecular complexity index is 717. The monoisotopic (exact) mass is 384 g/mol. The third-order valence-electron chi connectivity index (χ3n) is 5.14. The molecule has 0 aromatic heterocycles. The number of nitrogens with zero attached hydrogens (tertiary/aromatic N) is 1. The van der Waals surface area contributed by atoms with Crippen molar-refractivity contribution >= 4 is 27.5 Å². The van der Waals surface area contributed by atoms with Crippen LogP contribution in [-0.2, 0) is 14.8 Å². The molecule has 138 valence electrons. The number of piperidine rings is 1. The molecule has 1 N–H and O–H groups in total. The van der Waals surface area contributed by atoms with Crippen molar-refractivity contribution in [2.24, 2.45) is 5.92 Å². The average Bonchev–Trinajstić information content (AvgIpc) is 2.62. The van der Waals surface area contributed by atoms with E-state index in [1.807, 2.05) is 0 Å². The first kappa shape index (κ1) is 18.7. The first-order chi connectivity index (χ1) is 12.0. The second-order valence-corrected chi connectivity index (χ2v) is 9.38. The summed E-state index contributed by atoms with van der Waals surface area (Å²) in [5.41, 5.74) is 0. The molecule has 1 aromatic carbocycles. The standard InChI is InChI=1S/C18H25ClN2O3S/c19-15-7-4-10-17(12-15)25(23,24)21-11-5-6-14(13-21)18(22)20-16-8-2-1-3-9-16/h4,7,10,12,14,16H,1-3,5-6,8-9,11,13H2,(H,20,22)/t14-/m0/s1. The van der Waals surface area contributed by atoms with Crippen molar-refractivity contribution < 1.29 is 13.2 Å². The fourth-order valence-electron chi connectivity index (χ4n) is 3.72. The molecule has 0 bridgehead atoms. The SMILES string of the molecule is O=C(NC1CCCCC1)[C@H]1CCCN(S(=O)(=O)c2cccc(Cl)c2)C1. The number of sulfonamides is 1. The predicted octanol–water partition coefficient (Wildman–Crippen LogP) is 3.19. The lowest BCUT2D eigenvalue weighted by atomic mass is 9.93. The maximum atomic E-state index is 12.8. The summed E-state index contributed by atoms with van der Waals surface area (Å²) >= 11 is 5.93. The van der Waals surface area contributed by atoms with Crippen LogP contribution in [0.5, 0.6) is 0 Å². The molecule has 1 aromatic rings. The number of halogens is 1. The zero-order chi connectivity index (χ0) is 17.9. The number of nitrogens with one attached hydrogen (secondary N) is 1. The van der Waals surface area contributed by atoms with E-state index < -0.39 is 10.0 Å². The van der Waals surface area contributed by atoms with Crippen LogP contribution in [0.2, 0.25) is 5.02 Å². The summed E-state index contributed by atoms with van der Waals surface area (Å²) < 4.78 is 27.1. The van der Waals surface area contributed by atoms with Gasteiger partial charge in [0, 0.05) is 24.2 Å². The largest absolute Gasteiger partial charge is 0.353 e. The number of carbonyl (C=O) groups is 1. The van der Waals surface area contributed by atoms with Gasteiger partial charge in [-0.2, -0.15) is 4.31 Å². The number of rotatable bonds is 4. The Balaban J connectivity index is 1.66. The molecule has 1 saturated heterocycles. The van der Waals surface area contributed by atoms with E-state index in [0.29, 0.717) is 18.0 Å². The highest BCUT2D eigenvalue weighted by Crippen LogP contribution is 2.26. The van der Waals surface area contributed by atoms with Crippen LogP contribution in [0.3, 0.4) is 0 Å². The van der Waals surface area contributed by atoms with Gasteiger partial charge in [-0.25, -0.2) is 8.42 Å². The van der Waals surface area contributed by atoms with Gasteiger partial charge in [0.1, 0.15) is 0 Å². The smallest absolute Gasteiger partial charge is 0.243 e. The van der Waals surface area contributed by atoms with Gasteiger partial charge in [-0.05, 0) is 43.9 Å². The van der Waals surface area contributed by atoms with Crippen molar-refractivity contribution in [2.75, 3.05) is 13.1 Å². The lowest BCUT2D eigenvalue weighted by Crippen LogP contribution is -2.47. The van der Waals surface area contributed by atoms with Crippen molar-refractivity contribution in [3.8, 4) is 0 Å². The zero-order valence-corrected chi connectivity index (χ0v) is 15.9. The van der Waals surface area contributed by atoms with E-state index in [2.05, 4.69) is 5.32 Å². The van der Waals surface area contributed by atoms with Gasteiger partial charge in [-0.15, -0.1) is 0 Å². The number of hydrogen-bond acceptors (Lipinski definition) is 3. The molecule has 2 fully saturated rings. The highest BCUT2D eigenvalue weighted by atomic mass is 35.5. The molecule has 5 nitrogen and oxygen atoms in total. The van der Waals surface area contributed by atoms with Crippen LogP contribution in [-0.4, -0.2) is 37.8 Å². The summed E-state index contributed by atoms with van der Waals surface area (Å²) in [5.74, 6) is -0.275. The van der Waals surface area contributed by atoms with E-state index in [0.717, 1.165) is 32.1 Å². The Morgan fingerprint density at radius 1 is 1.12 bits per heavy atom. The zero-order valence-electron chi connectivity index (χ0n) is 14.3. The van der Waals surface area contributed by atoms with E-state index in [-0.39, 0.29) is 29.3 Å². The fourth-order valence-corrected chi connectivity index (χ4v) is 5.54. The Morgan fingerprint density at radius 3 is 2.60 bits per heavy atom. The number of carbonyl (C=O) groups excluding carboxylic acids is 1. The van der Waals surface area contributed by atoms with Crippen LogP contribution < -0.4 is 5.32 Å². The van der Waals surface area contributed by atoms with Gasteiger partial charge in [0.15, 0.2) is 0 Å². The molecule has 1 saturated carbocycles. The number of amides is 1. The maximum Gasteiger partial charge on any atom is 0.243 e. The minimum atomic E-state index is -3.62. The van der Waals surface area contributed by atoms with Crippen LogP contribution in [0, 0.1) is 5.92 Å². The average molecular weight is 385 g/mol. The van der Waals surface area contributed by atoms with Gasteiger partial charge in [0.05, 0.1) is 10.8 Å². The Kier molecular flexibility index (Phi) is 6.02. The summed E-state index contributed by atoms with van der Waals surface area (Å²) in [4.78, 5) is 12.8. The Labute approximate surface area is 154 Å². The molecule has 1 aliphatic carbocycles. The van der Waals surface area contributed by atoms with Gasteiger partial charge >= 0.3 is 0 Å². The van der Waals surface area contributed by atoms with Gasteiger partial charge in [0.25, 0.3) is 0 Å². The third kappa shape index (κ3) is 4.54. The number of hydrogen-bond donors (Lipinski definition) is 1. The first-order valence-corrected chi connectivity index (χ1v) is 10.8. The lowest BCUT2D eigenvalue weighted by molar-refractivity contribution is -0.127. The fraction of sp³-hybridized carbons (Fsp3) is 0.611. The van der Waals surface area contributed by atoms with Crippen LogP contribution in [0.15, 0.2) is 29.2 Å². The summed E-state index contributed by atoms with van der Waals surface area (Å²) in [7, 11) is -3.62. The second-order valence-electron chi connectivity index (χ2n) is 7.00. The van der Waals surface area contributed by atoms with Gasteiger partial charge in [-0.1, -0.05) is 36.9 Å². The summed E-state index contributed by atoms with van der Waals surface area (Å²) in [6.07, 6.45) is 7.05. The molecule has 1 aliphatic heterocycles. The maximum absolute atomic E-state index is 12.8. The van der Waals surface area contributed by atoms with Crippen LogP contribution in [0.4, 0.5) is 0 Å². The minimum Gasteiger partial charge on any atom is -0.353 e. The molecule has 0 radical (unpaired) electrons. The van der Waals surface area contributed by atoms with Crippen molar-refractivity contribution in [1.29, 1.82) is 0 Å². The van der Waals surface area contributed by atoms with Gasteiger partial charge in [0.2, 0.25) is 15.9 Å². The van der Waals surface area contributed by atoms with Crippen molar-refractivity contribution in [1.82, 2.24) is 9.62 Å². The third-order valence-corrected chi connectivity index (χ3v) is 7.24. The summed E-state index contributed by atoms with van der Waals surface area (Å²) in [5, 5.41) is 3.52. The van der Waals surface area contributed by atoms with Crippen molar-refractivity contribution in [3.05, 3.63) is 29.3 Å². The highest BCUT2D eigenvalue weighted by molar-refractivity contribution is 7.89. The quantitative estimate of drug-likeness (QED) is 0.866. The molecule has 0 unspecified atom stereocenters. The molecule has 1 heterocycles. The van der Waals surface area contributed by atoms with Gasteiger partial charge < -0.3 is 5.32 Å². The molecule has 1 atom stereocenters. The van der Waals surface area contributed by atoms with Crippen LogP contribution in [0.25, 0.3) is 0 Å². The van der Waals surface area contributed by atoms with Crippen LogP contribution in [0.1, 0.15) is 44.9 Å². The first-order valence-electron chi connectivity index (χ1n) is 9.03. The summed E-state index contributed by atoms with van der Waals surface area (Å²) in [6, 6.07) is 6.54. The molecule has 25 heavy (non-hydrogen) atoms. The number of benzene rings is 1. The molecular formula is C18H25ClN2O3S. The molecule has 3 rings (SSSR count). The van der Waals surface area contributed by atoms with E-state index in [1.54, 1.807) is 18.2 Å². The molecule has 0 spiro atoms. The molecule has 2 aliphatic rings.